The van der Waals surface area contributed by atoms with Crippen molar-refractivity contribution in [2.75, 3.05) is 33.4 Å². The second-order valence-corrected chi connectivity index (χ2v) is 6.47. The number of rotatable bonds is 3. The van der Waals surface area contributed by atoms with Crippen LogP contribution in [0.3, 0.4) is 0 Å². The van der Waals surface area contributed by atoms with Gasteiger partial charge >= 0.3 is 5.97 Å². The highest BCUT2D eigenvalue weighted by Crippen LogP contribution is 2.39. The van der Waals surface area contributed by atoms with Crippen molar-refractivity contribution in [1.82, 2.24) is 4.90 Å². The largest absolute Gasteiger partial charge is 0.465 e. The number of likely N-dealkylation sites (tertiary alicyclic amines) is 1. The summed E-state index contributed by atoms with van der Waals surface area (Å²) < 4.78 is 10.3. The Bertz CT molecular complexity index is 540. The van der Waals surface area contributed by atoms with Crippen molar-refractivity contribution in [2.45, 2.75) is 19.4 Å². The molecule has 3 rings (SSSR count). The average Bonchev–Trinajstić information content (AvgIpc) is 3.11. The standard InChI is InChI=1S/C16H20ClNO3/c1-20-15(19)12-2-3-14(17)13(8-12)9-18-6-4-16(10-18)5-7-21-11-16/h2-3,8H,4-7,9-11H2,1H3/t16-/m1/s1. The third-order valence-corrected chi connectivity index (χ3v) is 4.93. The smallest absolute Gasteiger partial charge is 0.337 e. The zero-order valence-corrected chi connectivity index (χ0v) is 13.0. The number of carbonyl (C=O) groups excluding carboxylic acids is 1. The van der Waals surface area contributed by atoms with Gasteiger partial charge in [0.25, 0.3) is 0 Å². The molecule has 0 unspecified atom stereocenters. The lowest BCUT2D eigenvalue weighted by Gasteiger charge is -2.22. The summed E-state index contributed by atoms with van der Waals surface area (Å²) in [5.41, 5.74) is 1.87. The fourth-order valence-electron chi connectivity index (χ4n) is 3.32. The highest BCUT2D eigenvalue weighted by Gasteiger charge is 2.41. The van der Waals surface area contributed by atoms with Gasteiger partial charge in [-0.25, -0.2) is 4.79 Å². The summed E-state index contributed by atoms with van der Waals surface area (Å²) >= 11 is 6.27. The number of hydrogen-bond acceptors (Lipinski definition) is 4. The maximum Gasteiger partial charge on any atom is 0.337 e. The summed E-state index contributed by atoms with van der Waals surface area (Å²) in [7, 11) is 1.39. The van der Waals surface area contributed by atoms with Crippen molar-refractivity contribution in [3.63, 3.8) is 0 Å². The Morgan fingerprint density at radius 3 is 3.05 bits per heavy atom. The number of benzene rings is 1. The van der Waals surface area contributed by atoms with Gasteiger partial charge in [-0.2, -0.15) is 0 Å². The van der Waals surface area contributed by atoms with E-state index in [0.29, 0.717) is 16.0 Å². The minimum Gasteiger partial charge on any atom is -0.465 e. The van der Waals surface area contributed by atoms with E-state index in [1.54, 1.807) is 12.1 Å². The Kier molecular flexibility index (Phi) is 4.20. The van der Waals surface area contributed by atoms with Crippen LogP contribution in [0.25, 0.3) is 0 Å². The normalized spacial score (nSPS) is 25.6. The minimum atomic E-state index is -0.324. The SMILES string of the molecule is COC(=O)c1ccc(Cl)c(CN2CC[C@@]3(CCOC3)C2)c1. The van der Waals surface area contributed by atoms with Crippen molar-refractivity contribution < 1.29 is 14.3 Å². The van der Waals surface area contributed by atoms with Gasteiger partial charge in [-0.1, -0.05) is 11.6 Å². The van der Waals surface area contributed by atoms with Crippen molar-refractivity contribution in [3.05, 3.63) is 34.3 Å². The first kappa shape index (κ1) is 14.8. The number of hydrogen-bond donors (Lipinski definition) is 0. The molecule has 5 heteroatoms. The molecular weight excluding hydrogens is 290 g/mol. The van der Waals surface area contributed by atoms with Gasteiger partial charge < -0.3 is 9.47 Å². The summed E-state index contributed by atoms with van der Waals surface area (Å²) in [6, 6.07) is 5.31. The van der Waals surface area contributed by atoms with E-state index in [0.717, 1.165) is 44.8 Å². The minimum absolute atomic E-state index is 0.324. The monoisotopic (exact) mass is 309 g/mol. The summed E-state index contributed by atoms with van der Waals surface area (Å²) in [6.45, 7) is 4.63. The van der Waals surface area contributed by atoms with Gasteiger partial charge in [-0.05, 0) is 43.1 Å². The van der Waals surface area contributed by atoms with Crippen LogP contribution in [0, 0.1) is 5.41 Å². The maximum absolute atomic E-state index is 11.6. The third kappa shape index (κ3) is 3.07. The fourth-order valence-corrected chi connectivity index (χ4v) is 3.49. The molecule has 2 heterocycles. The lowest BCUT2D eigenvalue weighted by Crippen LogP contribution is -2.27. The number of ether oxygens (including phenoxy) is 2. The van der Waals surface area contributed by atoms with Crippen molar-refractivity contribution >= 4 is 17.6 Å². The second kappa shape index (κ2) is 5.95. The van der Waals surface area contributed by atoms with Crippen molar-refractivity contribution in [1.29, 1.82) is 0 Å². The molecule has 0 radical (unpaired) electrons. The first-order valence-electron chi connectivity index (χ1n) is 7.29. The highest BCUT2D eigenvalue weighted by atomic mass is 35.5. The van der Waals surface area contributed by atoms with E-state index in [9.17, 15) is 4.79 Å². The van der Waals surface area contributed by atoms with Crippen molar-refractivity contribution in [3.8, 4) is 0 Å². The van der Waals surface area contributed by atoms with E-state index >= 15 is 0 Å². The van der Waals surface area contributed by atoms with E-state index in [4.69, 9.17) is 21.1 Å². The summed E-state index contributed by atoms with van der Waals surface area (Å²) in [4.78, 5) is 14.0. The predicted molar refractivity (Wildman–Crippen MR) is 80.6 cm³/mol. The van der Waals surface area contributed by atoms with Crippen LogP contribution in [0.2, 0.25) is 5.02 Å². The lowest BCUT2D eigenvalue weighted by molar-refractivity contribution is 0.0600. The zero-order chi connectivity index (χ0) is 14.9. The third-order valence-electron chi connectivity index (χ3n) is 4.56. The molecule has 0 bridgehead atoms. The molecule has 1 aromatic rings. The predicted octanol–water partition coefficient (Wildman–Crippen LogP) is 2.74. The van der Waals surface area contributed by atoms with Crippen LogP contribution >= 0.6 is 11.6 Å². The van der Waals surface area contributed by atoms with E-state index in [-0.39, 0.29) is 5.97 Å². The number of esters is 1. The second-order valence-electron chi connectivity index (χ2n) is 6.06. The molecule has 0 amide bonds. The van der Waals surface area contributed by atoms with Gasteiger partial charge in [-0.15, -0.1) is 0 Å². The van der Waals surface area contributed by atoms with Gasteiger partial charge in [0.2, 0.25) is 0 Å². The van der Waals surface area contributed by atoms with E-state index in [1.807, 2.05) is 6.07 Å². The highest BCUT2D eigenvalue weighted by molar-refractivity contribution is 6.31. The number of methoxy groups -OCH3 is 1. The van der Waals surface area contributed by atoms with Crippen LogP contribution in [0.5, 0.6) is 0 Å². The maximum atomic E-state index is 11.6. The van der Waals surface area contributed by atoms with Crippen LogP contribution in [0.15, 0.2) is 18.2 Å². The molecule has 2 saturated heterocycles. The van der Waals surface area contributed by atoms with Crippen LogP contribution in [-0.4, -0.2) is 44.3 Å². The first-order valence-corrected chi connectivity index (χ1v) is 7.67. The summed E-state index contributed by atoms with van der Waals surface area (Å²) in [5, 5.41) is 0.700. The zero-order valence-electron chi connectivity index (χ0n) is 12.2. The van der Waals surface area contributed by atoms with Crippen LogP contribution in [-0.2, 0) is 16.0 Å². The van der Waals surface area contributed by atoms with Gasteiger partial charge in [-0.3, -0.25) is 4.90 Å². The van der Waals surface area contributed by atoms with Gasteiger partial charge in [0.15, 0.2) is 0 Å². The first-order chi connectivity index (χ1) is 10.1. The molecule has 1 atom stereocenters. The number of carbonyl (C=O) groups is 1. The van der Waals surface area contributed by atoms with E-state index in [1.165, 1.54) is 13.5 Å². The molecule has 1 spiro atoms. The van der Waals surface area contributed by atoms with E-state index < -0.39 is 0 Å². The molecule has 114 valence electrons. The molecule has 0 saturated carbocycles. The topological polar surface area (TPSA) is 38.8 Å². The molecule has 0 aliphatic carbocycles. The Labute approximate surface area is 130 Å². The average molecular weight is 310 g/mol. The fraction of sp³-hybridized carbons (Fsp3) is 0.562. The summed E-state index contributed by atoms with van der Waals surface area (Å²) in [5.74, 6) is -0.324. The van der Waals surface area contributed by atoms with Gasteiger partial charge in [0.05, 0.1) is 19.3 Å². The lowest BCUT2D eigenvalue weighted by atomic mass is 9.87. The Morgan fingerprint density at radius 1 is 1.48 bits per heavy atom. The van der Waals surface area contributed by atoms with Gasteiger partial charge in [0.1, 0.15) is 0 Å². The molecule has 21 heavy (non-hydrogen) atoms. The molecule has 0 N–H and O–H groups in total. The number of nitrogens with zero attached hydrogens (tertiary/aromatic N) is 1. The summed E-state index contributed by atoms with van der Waals surface area (Å²) in [6.07, 6.45) is 2.33. The molecule has 4 nitrogen and oxygen atoms in total. The molecule has 2 fully saturated rings. The number of halogens is 1. The van der Waals surface area contributed by atoms with E-state index in [2.05, 4.69) is 4.90 Å². The Balaban J connectivity index is 1.71. The molecule has 2 aliphatic rings. The molecule has 1 aromatic carbocycles. The Hall–Kier alpha value is -1.10. The van der Waals surface area contributed by atoms with Crippen LogP contribution < -0.4 is 0 Å². The molecular formula is C16H20ClNO3. The van der Waals surface area contributed by atoms with Crippen molar-refractivity contribution in [2.24, 2.45) is 5.41 Å². The molecule has 2 aliphatic heterocycles. The Morgan fingerprint density at radius 2 is 2.33 bits per heavy atom. The van der Waals surface area contributed by atoms with Gasteiger partial charge in [0, 0.05) is 30.1 Å². The quantitative estimate of drug-likeness (QED) is 0.805. The molecule has 0 aromatic heterocycles. The van der Waals surface area contributed by atoms with Crippen LogP contribution in [0.1, 0.15) is 28.8 Å². The van der Waals surface area contributed by atoms with Crippen LogP contribution in [0.4, 0.5) is 0 Å².